The van der Waals surface area contributed by atoms with Crippen LogP contribution in [0.15, 0.2) is 29.2 Å². The minimum absolute atomic E-state index is 0.314. The average molecular weight is 312 g/mol. The van der Waals surface area contributed by atoms with Crippen LogP contribution >= 0.6 is 0 Å². The van der Waals surface area contributed by atoms with Gasteiger partial charge in [0.05, 0.1) is 11.0 Å². The minimum atomic E-state index is -3.35. The number of hydrogen-bond donors (Lipinski definition) is 1. The molecule has 1 fully saturated rings. The number of sulfonamides is 1. The van der Waals surface area contributed by atoms with Crippen LogP contribution in [0.25, 0.3) is 0 Å². The van der Waals surface area contributed by atoms with Crippen molar-refractivity contribution in [3.63, 3.8) is 0 Å². The van der Waals surface area contributed by atoms with Crippen LogP contribution in [0, 0.1) is 0 Å². The Morgan fingerprint density at radius 3 is 2.52 bits per heavy atom. The Bertz CT molecular complexity index is 535. The van der Waals surface area contributed by atoms with E-state index >= 15 is 0 Å². The number of rotatable bonds is 6. The molecule has 1 aromatic carbocycles. The Kier molecular flexibility index (Phi) is 5.61. The lowest BCUT2D eigenvalue weighted by molar-refractivity contribution is 0.0134. The van der Waals surface area contributed by atoms with Gasteiger partial charge in [0, 0.05) is 32.9 Å². The zero-order chi connectivity index (χ0) is 15.3. The van der Waals surface area contributed by atoms with Crippen LogP contribution in [0.1, 0.15) is 25.7 Å². The summed E-state index contributed by atoms with van der Waals surface area (Å²) in [5, 5.41) is 3.31. The molecule has 1 saturated heterocycles. The largest absolute Gasteiger partial charge is 0.385 e. The van der Waals surface area contributed by atoms with Gasteiger partial charge in [-0.2, -0.15) is 0 Å². The molecule has 0 aliphatic carbocycles. The van der Waals surface area contributed by atoms with Crippen LogP contribution < -0.4 is 5.32 Å². The van der Waals surface area contributed by atoms with Gasteiger partial charge >= 0.3 is 0 Å². The van der Waals surface area contributed by atoms with E-state index in [0.717, 1.165) is 31.7 Å². The molecule has 0 spiro atoms. The molecule has 0 radical (unpaired) electrons. The fourth-order valence-electron chi connectivity index (χ4n) is 2.37. The molecule has 0 saturated carbocycles. The van der Waals surface area contributed by atoms with Crippen molar-refractivity contribution in [1.29, 1.82) is 0 Å². The highest BCUT2D eigenvalue weighted by Gasteiger charge is 2.16. The second-order valence-corrected chi connectivity index (χ2v) is 7.67. The first-order valence-electron chi connectivity index (χ1n) is 7.38. The minimum Gasteiger partial charge on any atom is -0.385 e. The third-order valence-electron chi connectivity index (χ3n) is 3.70. The first kappa shape index (κ1) is 16.3. The number of nitrogens with zero attached hydrogens (tertiary/aromatic N) is 1. The van der Waals surface area contributed by atoms with Crippen LogP contribution in [0.4, 0.5) is 5.69 Å². The van der Waals surface area contributed by atoms with Crippen LogP contribution in [-0.2, 0) is 14.8 Å². The summed E-state index contributed by atoms with van der Waals surface area (Å²) in [4.78, 5) is 0.314. The molecule has 5 nitrogen and oxygen atoms in total. The number of nitrogens with one attached hydrogen (secondary N) is 1. The summed E-state index contributed by atoms with van der Waals surface area (Å²) in [6.07, 6.45) is 4.91. The SMILES string of the molecule is CN(C)S(=O)(=O)c1ccc(NCCC2CCCCO2)cc1. The lowest BCUT2D eigenvalue weighted by Gasteiger charge is -2.22. The molecule has 1 aliphatic rings. The molecule has 6 heteroatoms. The number of hydrogen-bond acceptors (Lipinski definition) is 4. The van der Waals surface area contributed by atoms with Crippen molar-refractivity contribution in [2.75, 3.05) is 32.6 Å². The van der Waals surface area contributed by atoms with E-state index in [0.29, 0.717) is 11.0 Å². The molecule has 118 valence electrons. The van der Waals surface area contributed by atoms with Crippen molar-refractivity contribution in [3.8, 4) is 0 Å². The second kappa shape index (κ2) is 7.24. The van der Waals surface area contributed by atoms with Crippen molar-refractivity contribution in [2.45, 2.75) is 36.7 Å². The third-order valence-corrected chi connectivity index (χ3v) is 5.53. The fourth-order valence-corrected chi connectivity index (χ4v) is 3.27. The van der Waals surface area contributed by atoms with E-state index < -0.39 is 10.0 Å². The highest BCUT2D eigenvalue weighted by atomic mass is 32.2. The van der Waals surface area contributed by atoms with Gasteiger partial charge in [0.25, 0.3) is 0 Å². The highest BCUT2D eigenvalue weighted by molar-refractivity contribution is 7.89. The summed E-state index contributed by atoms with van der Waals surface area (Å²) in [5.41, 5.74) is 0.934. The standard InChI is InChI=1S/C15H24N2O3S/c1-17(2)21(18,19)15-8-6-13(7-9-15)16-11-10-14-5-3-4-12-20-14/h6-9,14,16H,3-5,10-12H2,1-2H3. The molecule has 1 aromatic rings. The van der Waals surface area contributed by atoms with E-state index in [-0.39, 0.29) is 0 Å². The average Bonchev–Trinajstić information content (AvgIpc) is 2.49. The summed E-state index contributed by atoms with van der Waals surface area (Å²) < 4.78 is 30.8. The van der Waals surface area contributed by atoms with Crippen molar-refractivity contribution < 1.29 is 13.2 Å². The van der Waals surface area contributed by atoms with E-state index in [1.54, 1.807) is 24.3 Å². The molecule has 0 bridgehead atoms. The molecular formula is C15H24N2O3S. The summed E-state index contributed by atoms with van der Waals surface area (Å²) in [7, 11) is -0.279. The number of anilines is 1. The zero-order valence-corrected chi connectivity index (χ0v) is 13.5. The fraction of sp³-hybridized carbons (Fsp3) is 0.600. The Hall–Kier alpha value is -1.11. The predicted molar refractivity (Wildman–Crippen MR) is 84.0 cm³/mol. The Morgan fingerprint density at radius 2 is 1.95 bits per heavy atom. The van der Waals surface area contributed by atoms with Crippen LogP contribution in [-0.4, -0.2) is 46.1 Å². The van der Waals surface area contributed by atoms with Gasteiger partial charge in [-0.3, -0.25) is 0 Å². The lowest BCUT2D eigenvalue weighted by Crippen LogP contribution is -2.22. The lowest BCUT2D eigenvalue weighted by atomic mass is 10.1. The van der Waals surface area contributed by atoms with E-state index in [1.807, 2.05) is 0 Å². The van der Waals surface area contributed by atoms with Crippen molar-refractivity contribution in [2.24, 2.45) is 0 Å². The molecule has 1 N–H and O–H groups in total. The maximum Gasteiger partial charge on any atom is 0.242 e. The Morgan fingerprint density at radius 1 is 1.24 bits per heavy atom. The van der Waals surface area contributed by atoms with E-state index in [1.165, 1.54) is 31.2 Å². The normalized spacial score (nSPS) is 19.7. The summed E-state index contributed by atoms with van der Waals surface area (Å²) in [6.45, 7) is 1.71. The van der Waals surface area contributed by atoms with Gasteiger partial charge in [0.15, 0.2) is 0 Å². The predicted octanol–water partition coefficient (Wildman–Crippen LogP) is 2.31. The maximum absolute atomic E-state index is 12.0. The monoisotopic (exact) mass is 312 g/mol. The van der Waals surface area contributed by atoms with Crippen molar-refractivity contribution in [3.05, 3.63) is 24.3 Å². The zero-order valence-electron chi connectivity index (χ0n) is 12.7. The number of benzene rings is 1. The van der Waals surface area contributed by atoms with Gasteiger partial charge < -0.3 is 10.1 Å². The molecule has 0 aromatic heterocycles. The molecule has 2 rings (SSSR count). The smallest absolute Gasteiger partial charge is 0.242 e. The van der Waals surface area contributed by atoms with Crippen LogP contribution in [0.5, 0.6) is 0 Å². The van der Waals surface area contributed by atoms with Crippen LogP contribution in [0.2, 0.25) is 0 Å². The van der Waals surface area contributed by atoms with E-state index in [4.69, 9.17) is 4.74 Å². The highest BCUT2D eigenvalue weighted by Crippen LogP contribution is 2.18. The van der Waals surface area contributed by atoms with E-state index in [9.17, 15) is 8.42 Å². The summed E-state index contributed by atoms with van der Waals surface area (Å²) >= 11 is 0. The maximum atomic E-state index is 12.0. The van der Waals surface area contributed by atoms with Gasteiger partial charge in [-0.15, -0.1) is 0 Å². The summed E-state index contributed by atoms with van der Waals surface area (Å²) in [5.74, 6) is 0. The van der Waals surface area contributed by atoms with Gasteiger partial charge in [-0.25, -0.2) is 12.7 Å². The van der Waals surface area contributed by atoms with E-state index in [2.05, 4.69) is 5.32 Å². The molecular weight excluding hydrogens is 288 g/mol. The second-order valence-electron chi connectivity index (χ2n) is 5.52. The molecule has 21 heavy (non-hydrogen) atoms. The molecule has 0 amide bonds. The molecule has 1 aliphatic heterocycles. The first-order chi connectivity index (χ1) is 10.00. The molecule has 1 unspecified atom stereocenters. The number of ether oxygens (including phenoxy) is 1. The first-order valence-corrected chi connectivity index (χ1v) is 8.82. The molecule has 1 atom stereocenters. The summed E-state index contributed by atoms with van der Waals surface area (Å²) in [6, 6.07) is 6.87. The quantitative estimate of drug-likeness (QED) is 0.876. The van der Waals surface area contributed by atoms with Crippen LogP contribution in [0.3, 0.4) is 0 Å². The third kappa shape index (κ3) is 4.43. The van der Waals surface area contributed by atoms with Crippen molar-refractivity contribution in [1.82, 2.24) is 4.31 Å². The Balaban J connectivity index is 1.85. The van der Waals surface area contributed by atoms with Gasteiger partial charge in [0.1, 0.15) is 0 Å². The van der Waals surface area contributed by atoms with Gasteiger partial charge in [-0.05, 0) is 49.9 Å². The van der Waals surface area contributed by atoms with Crippen molar-refractivity contribution >= 4 is 15.7 Å². The van der Waals surface area contributed by atoms with Gasteiger partial charge in [-0.1, -0.05) is 0 Å². The Labute approximate surface area is 127 Å². The topological polar surface area (TPSA) is 58.6 Å². The van der Waals surface area contributed by atoms with Gasteiger partial charge in [0.2, 0.25) is 10.0 Å². The molecule has 1 heterocycles.